The van der Waals surface area contributed by atoms with Gasteiger partial charge in [-0.25, -0.2) is 9.78 Å². The number of halogens is 1. The predicted octanol–water partition coefficient (Wildman–Crippen LogP) is 2.89. The van der Waals surface area contributed by atoms with E-state index in [0.29, 0.717) is 16.5 Å². The van der Waals surface area contributed by atoms with Crippen molar-refractivity contribution >= 4 is 35.0 Å². The van der Waals surface area contributed by atoms with E-state index < -0.39 is 11.9 Å². The standard InChI is InChI=1S/C16H11ClN4O3/c17-12-5-6-19-14(7-12)20-9-11(8-18)15(22)21-13-3-1-10(2-4-13)16(23)24/h1-7,9H,(H,19,20)(H,21,22)(H,23,24)/b11-9-. The van der Waals surface area contributed by atoms with Gasteiger partial charge in [0.05, 0.1) is 5.56 Å². The van der Waals surface area contributed by atoms with Gasteiger partial charge < -0.3 is 15.7 Å². The third-order valence-corrected chi connectivity index (χ3v) is 3.08. The van der Waals surface area contributed by atoms with E-state index >= 15 is 0 Å². The Morgan fingerprint density at radius 2 is 1.96 bits per heavy atom. The molecule has 1 aromatic carbocycles. The number of carbonyl (C=O) groups excluding carboxylic acids is 1. The van der Waals surface area contributed by atoms with Crippen LogP contribution in [0.25, 0.3) is 0 Å². The summed E-state index contributed by atoms with van der Waals surface area (Å²) in [5.41, 5.74) is 0.281. The molecule has 120 valence electrons. The molecule has 0 saturated carbocycles. The molecule has 0 bridgehead atoms. The van der Waals surface area contributed by atoms with Crippen molar-refractivity contribution in [1.82, 2.24) is 4.98 Å². The number of aromatic carboxylic acids is 1. The Bertz CT molecular complexity index is 841. The largest absolute Gasteiger partial charge is 0.478 e. The highest BCUT2D eigenvalue weighted by molar-refractivity contribution is 6.30. The number of carboxylic acid groups (broad SMARTS) is 1. The highest BCUT2D eigenvalue weighted by atomic mass is 35.5. The van der Waals surface area contributed by atoms with Gasteiger partial charge in [0, 0.05) is 23.1 Å². The van der Waals surface area contributed by atoms with Crippen molar-refractivity contribution in [2.75, 3.05) is 10.6 Å². The van der Waals surface area contributed by atoms with Crippen LogP contribution >= 0.6 is 11.6 Å². The maximum atomic E-state index is 12.0. The van der Waals surface area contributed by atoms with E-state index in [-0.39, 0.29) is 11.1 Å². The summed E-state index contributed by atoms with van der Waals surface area (Å²) in [4.78, 5) is 26.8. The molecule has 2 aromatic rings. The molecule has 0 fully saturated rings. The third-order valence-electron chi connectivity index (χ3n) is 2.84. The number of nitrogens with zero attached hydrogens (tertiary/aromatic N) is 2. The maximum Gasteiger partial charge on any atom is 0.335 e. The van der Waals surface area contributed by atoms with Crippen molar-refractivity contribution in [2.24, 2.45) is 0 Å². The second-order valence-corrected chi connectivity index (χ2v) is 4.95. The Morgan fingerprint density at radius 3 is 2.54 bits per heavy atom. The number of pyridine rings is 1. The number of amides is 1. The molecule has 0 aliphatic rings. The number of rotatable bonds is 5. The zero-order valence-corrected chi connectivity index (χ0v) is 12.9. The number of hydrogen-bond donors (Lipinski definition) is 3. The van der Waals surface area contributed by atoms with Gasteiger partial charge in [0.1, 0.15) is 17.5 Å². The summed E-state index contributed by atoms with van der Waals surface area (Å²) >= 11 is 5.81. The lowest BCUT2D eigenvalue weighted by atomic mass is 10.2. The van der Waals surface area contributed by atoms with Crippen molar-refractivity contribution in [3.63, 3.8) is 0 Å². The van der Waals surface area contributed by atoms with Crippen molar-refractivity contribution in [3.05, 3.63) is 65.0 Å². The lowest BCUT2D eigenvalue weighted by Crippen LogP contribution is -2.14. The highest BCUT2D eigenvalue weighted by Crippen LogP contribution is 2.13. The Labute approximate surface area is 142 Å². The van der Waals surface area contributed by atoms with E-state index in [9.17, 15) is 9.59 Å². The van der Waals surface area contributed by atoms with Crippen molar-refractivity contribution in [2.45, 2.75) is 0 Å². The van der Waals surface area contributed by atoms with Gasteiger partial charge in [-0.2, -0.15) is 5.26 Å². The fraction of sp³-hybridized carbons (Fsp3) is 0. The zero-order chi connectivity index (χ0) is 17.5. The second kappa shape index (κ2) is 7.76. The molecule has 0 unspecified atom stereocenters. The highest BCUT2D eigenvalue weighted by Gasteiger charge is 2.10. The minimum absolute atomic E-state index is 0.0951. The number of carbonyl (C=O) groups is 2. The summed E-state index contributed by atoms with van der Waals surface area (Å²) in [6, 6.07) is 10.5. The van der Waals surface area contributed by atoms with Gasteiger partial charge in [0.25, 0.3) is 5.91 Å². The van der Waals surface area contributed by atoms with Crippen LogP contribution in [0, 0.1) is 11.3 Å². The molecule has 1 heterocycles. The summed E-state index contributed by atoms with van der Waals surface area (Å²) in [6.07, 6.45) is 2.69. The molecular formula is C16H11ClN4O3. The number of aromatic nitrogens is 1. The van der Waals surface area contributed by atoms with E-state index in [1.165, 1.54) is 42.7 Å². The topological polar surface area (TPSA) is 115 Å². The Balaban J connectivity index is 2.07. The van der Waals surface area contributed by atoms with Crippen LogP contribution in [-0.2, 0) is 4.79 Å². The predicted molar refractivity (Wildman–Crippen MR) is 88.6 cm³/mol. The second-order valence-electron chi connectivity index (χ2n) is 4.51. The van der Waals surface area contributed by atoms with Crippen LogP contribution in [0.5, 0.6) is 0 Å². The molecule has 24 heavy (non-hydrogen) atoms. The van der Waals surface area contributed by atoms with Crippen LogP contribution in [0.3, 0.4) is 0 Å². The normalized spacial score (nSPS) is 10.6. The number of nitrogens with one attached hydrogen (secondary N) is 2. The molecule has 0 spiro atoms. The average molecular weight is 343 g/mol. The third kappa shape index (κ3) is 4.56. The molecule has 7 nitrogen and oxygen atoms in total. The van der Waals surface area contributed by atoms with E-state index in [1.54, 1.807) is 12.1 Å². The average Bonchev–Trinajstić information content (AvgIpc) is 2.56. The minimum Gasteiger partial charge on any atom is -0.478 e. The molecule has 8 heteroatoms. The smallest absolute Gasteiger partial charge is 0.335 e. The van der Waals surface area contributed by atoms with E-state index in [1.807, 2.05) is 0 Å². The molecule has 1 amide bonds. The van der Waals surface area contributed by atoms with Gasteiger partial charge in [-0.15, -0.1) is 0 Å². The van der Waals surface area contributed by atoms with Crippen LogP contribution in [0.15, 0.2) is 54.4 Å². The molecule has 0 atom stereocenters. The monoisotopic (exact) mass is 342 g/mol. The van der Waals surface area contributed by atoms with Crippen molar-refractivity contribution < 1.29 is 14.7 Å². The lowest BCUT2D eigenvalue weighted by molar-refractivity contribution is -0.112. The van der Waals surface area contributed by atoms with Gasteiger partial charge in [-0.05, 0) is 36.4 Å². The fourth-order valence-electron chi connectivity index (χ4n) is 1.67. The lowest BCUT2D eigenvalue weighted by Gasteiger charge is -2.05. The van der Waals surface area contributed by atoms with Crippen molar-refractivity contribution in [3.8, 4) is 6.07 Å². The first-order valence-corrected chi connectivity index (χ1v) is 7.00. The SMILES string of the molecule is N#C/C(=C/Nc1cc(Cl)ccn1)C(=O)Nc1ccc(C(=O)O)cc1. The van der Waals surface area contributed by atoms with E-state index in [0.717, 1.165) is 0 Å². The van der Waals surface area contributed by atoms with Crippen LogP contribution in [0.2, 0.25) is 5.02 Å². The molecule has 2 rings (SSSR count). The quantitative estimate of drug-likeness (QED) is 0.568. The van der Waals surface area contributed by atoms with E-state index in [2.05, 4.69) is 15.6 Å². The Kier molecular flexibility index (Phi) is 5.49. The Morgan fingerprint density at radius 1 is 1.25 bits per heavy atom. The van der Waals surface area contributed by atoms with E-state index in [4.69, 9.17) is 22.0 Å². The first-order valence-electron chi connectivity index (χ1n) is 6.62. The Hall–Kier alpha value is -3.37. The molecule has 0 saturated heterocycles. The number of hydrogen-bond acceptors (Lipinski definition) is 5. The van der Waals surface area contributed by atoms with Crippen LogP contribution in [0.1, 0.15) is 10.4 Å². The summed E-state index contributed by atoms with van der Waals surface area (Å²) in [5.74, 6) is -1.33. The summed E-state index contributed by atoms with van der Waals surface area (Å²) in [7, 11) is 0. The van der Waals surface area contributed by atoms with Crippen LogP contribution in [0.4, 0.5) is 11.5 Å². The van der Waals surface area contributed by atoms with Gasteiger partial charge in [-0.3, -0.25) is 4.79 Å². The van der Waals surface area contributed by atoms with Gasteiger partial charge in [0.2, 0.25) is 0 Å². The van der Waals surface area contributed by atoms with Gasteiger partial charge in [-0.1, -0.05) is 11.6 Å². The van der Waals surface area contributed by atoms with Crippen LogP contribution in [-0.4, -0.2) is 22.0 Å². The van der Waals surface area contributed by atoms with Crippen molar-refractivity contribution in [1.29, 1.82) is 5.26 Å². The number of nitriles is 1. The molecule has 0 aliphatic carbocycles. The summed E-state index contributed by atoms with van der Waals surface area (Å²) in [6.45, 7) is 0. The summed E-state index contributed by atoms with van der Waals surface area (Å²) < 4.78 is 0. The minimum atomic E-state index is -1.07. The maximum absolute atomic E-state index is 12.0. The molecule has 0 radical (unpaired) electrons. The zero-order valence-electron chi connectivity index (χ0n) is 12.2. The first-order chi connectivity index (χ1) is 11.5. The molecule has 0 aliphatic heterocycles. The molecular weight excluding hydrogens is 332 g/mol. The molecule has 3 N–H and O–H groups in total. The fourth-order valence-corrected chi connectivity index (χ4v) is 1.83. The summed E-state index contributed by atoms with van der Waals surface area (Å²) in [5, 5.41) is 23.6. The number of benzene rings is 1. The number of carboxylic acids is 1. The van der Waals surface area contributed by atoms with Crippen LogP contribution < -0.4 is 10.6 Å². The first kappa shape index (κ1) is 17.0. The van der Waals surface area contributed by atoms with Gasteiger partial charge in [0.15, 0.2) is 0 Å². The molecule has 1 aromatic heterocycles. The number of anilines is 2. The van der Waals surface area contributed by atoms with Gasteiger partial charge >= 0.3 is 5.97 Å².